The molecule has 1 saturated heterocycles. The van der Waals surface area contributed by atoms with Crippen LogP contribution in [0.2, 0.25) is 5.02 Å². The lowest BCUT2D eigenvalue weighted by Gasteiger charge is -2.21. The molecule has 0 amide bonds. The molecule has 5 heteroatoms. The molecule has 0 radical (unpaired) electrons. The van der Waals surface area contributed by atoms with Gasteiger partial charge < -0.3 is 9.47 Å². The highest BCUT2D eigenvalue weighted by atomic mass is 35.5. The summed E-state index contributed by atoms with van der Waals surface area (Å²) in [6.07, 6.45) is 1.88. The summed E-state index contributed by atoms with van der Waals surface area (Å²) in [5.74, 6) is 0.00283. The minimum atomic E-state index is -0.387. The van der Waals surface area contributed by atoms with Crippen molar-refractivity contribution in [2.24, 2.45) is 5.92 Å². The zero-order chi connectivity index (χ0) is 13.0. The third-order valence-corrected chi connectivity index (χ3v) is 3.57. The molecular weight excluding hydrogens is 272 g/mol. The number of hydrogen-bond acceptors (Lipinski definition) is 4. The summed E-state index contributed by atoms with van der Waals surface area (Å²) in [5.41, 5.74) is 0.372. The molecule has 18 heavy (non-hydrogen) atoms. The molecule has 1 aromatic rings. The molecule has 3 nitrogen and oxygen atoms in total. The minimum absolute atomic E-state index is 0.372. The van der Waals surface area contributed by atoms with E-state index in [1.807, 2.05) is 0 Å². The van der Waals surface area contributed by atoms with Crippen LogP contribution >= 0.6 is 24.2 Å². The molecule has 0 aliphatic carbocycles. The summed E-state index contributed by atoms with van der Waals surface area (Å²) in [6.45, 7) is 1.92. The molecule has 1 aliphatic rings. The smallest absolute Gasteiger partial charge is 0.339 e. The van der Waals surface area contributed by atoms with Crippen molar-refractivity contribution in [2.75, 3.05) is 19.8 Å². The van der Waals surface area contributed by atoms with Crippen LogP contribution in [0.15, 0.2) is 23.1 Å². The molecule has 98 valence electrons. The molecule has 0 atom stereocenters. The van der Waals surface area contributed by atoms with Crippen LogP contribution < -0.4 is 0 Å². The molecule has 0 unspecified atom stereocenters. The van der Waals surface area contributed by atoms with Crippen molar-refractivity contribution in [3.05, 3.63) is 28.8 Å². The summed E-state index contributed by atoms with van der Waals surface area (Å²) < 4.78 is 10.5. The van der Waals surface area contributed by atoms with Gasteiger partial charge in [-0.1, -0.05) is 11.6 Å². The van der Waals surface area contributed by atoms with E-state index >= 15 is 0 Å². The lowest BCUT2D eigenvalue weighted by molar-refractivity contribution is 0.0185. The third kappa shape index (κ3) is 3.64. The highest BCUT2D eigenvalue weighted by Crippen LogP contribution is 2.21. The second kappa shape index (κ2) is 6.45. The fourth-order valence-electron chi connectivity index (χ4n) is 1.85. The van der Waals surface area contributed by atoms with Gasteiger partial charge in [0.2, 0.25) is 0 Å². The van der Waals surface area contributed by atoms with E-state index in [4.69, 9.17) is 21.1 Å². The van der Waals surface area contributed by atoms with Crippen molar-refractivity contribution in [1.29, 1.82) is 0 Å². The molecule has 0 N–H and O–H groups in total. The Balaban J connectivity index is 1.92. The zero-order valence-electron chi connectivity index (χ0n) is 9.89. The monoisotopic (exact) mass is 286 g/mol. The molecular formula is C13H15ClO3S. The Morgan fingerprint density at radius 3 is 2.89 bits per heavy atom. The largest absolute Gasteiger partial charge is 0.462 e. The van der Waals surface area contributed by atoms with Crippen LogP contribution in [-0.4, -0.2) is 25.8 Å². The molecule has 0 saturated carbocycles. The van der Waals surface area contributed by atoms with Gasteiger partial charge in [0.25, 0.3) is 0 Å². The maximum absolute atomic E-state index is 11.9. The summed E-state index contributed by atoms with van der Waals surface area (Å²) in [7, 11) is 0. The van der Waals surface area contributed by atoms with Crippen molar-refractivity contribution in [1.82, 2.24) is 0 Å². The first-order chi connectivity index (χ1) is 8.66. The van der Waals surface area contributed by atoms with Crippen LogP contribution in [0.5, 0.6) is 0 Å². The predicted molar refractivity (Wildman–Crippen MR) is 72.5 cm³/mol. The summed E-state index contributed by atoms with van der Waals surface area (Å²) in [5, 5.41) is 0.393. The van der Waals surface area contributed by atoms with Gasteiger partial charge in [0.05, 0.1) is 17.2 Å². The SMILES string of the molecule is O=C(OCC1CCOCC1)c1cc(S)ccc1Cl. The van der Waals surface area contributed by atoms with Gasteiger partial charge >= 0.3 is 5.97 Å². The van der Waals surface area contributed by atoms with Gasteiger partial charge in [-0.2, -0.15) is 0 Å². The number of carbonyl (C=O) groups is 1. The van der Waals surface area contributed by atoms with E-state index in [-0.39, 0.29) is 5.97 Å². The molecule has 1 heterocycles. The van der Waals surface area contributed by atoms with Crippen LogP contribution in [0.4, 0.5) is 0 Å². The number of esters is 1. The minimum Gasteiger partial charge on any atom is -0.462 e. The summed E-state index contributed by atoms with van der Waals surface area (Å²) >= 11 is 10.1. The van der Waals surface area contributed by atoms with Crippen molar-refractivity contribution in [3.63, 3.8) is 0 Å². The fourth-order valence-corrected chi connectivity index (χ4v) is 2.25. The number of thiol groups is 1. The number of hydrogen-bond donors (Lipinski definition) is 1. The fraction of sp³-hybridized carbons (Fsp3) is 0.462. The normalized spacial score (nSPS) is 16.6. The van der Waals surface area contributed by atoms with Crippen molar-refractivity contribution in [3.8, 4) is 0 Å². The topological polar surface area (TPSA) is 35.5 Å². The summed E-state index contributed by atoms with van der Waals surface area (Å²) in [4.78, 5) is 12.6. The van der Waals surface area contributed by atoms with Crippen molar-refractivity contribution in [2.45, 2.75) is 17.7 Å². The van der Waals surface area contributed by atoms with Crippen molar-refractivity contribution < 1.29 is 14.3 Å². The first-order valence-electron chi connectivity index (χ1n) is 5.90. The second-order valence-electron chi connectivity index (χ2n) is 4.32. The molecule has 0 bridgehead atoms. The number of halogens is 1. The highest BCUT2D eigenvalue weighted by Gasteiger charge is 2.18. The maximum atomic E-state index is 11.9. The van der Waals surface area contributed by atoms with Crippen LogP contribution in [0.1, 0.15) is 23.2 Å². The maximum Gasteiger partial charge on any atom is 0.339 e. The highest BCUT2D eigenvalue weighted by molar-refractivity contribution is 7.80. The van der Waals surface area contributed by atoms with E-state index < -0.39 is 0 Å². The van der Waals surface area contributed by atoms with Gasteiger partial charge in [0, 0.05) is 18.1 Å². The van der Waals surface area contributed by atoms with Crippen LogP contribution in [0.25, 0.3) is 0 Å². The lowest BCUT2D eigenvalue weighted by Crippen LogP contribution is -2.22. The Hall–Kier alpha value is -0.710. The van der Waals surface area contributed by atoms with E-state index in [2.05, 4.69) is 12.6 Å². The molecule has 1 fully saturated rings. The van der Waals surface area contributed by atoms with E-state index in [0.717, 1.165) is 26.1 Å². The molecule has 0 aromatic heterocycles. The average Bonchev–Trinajstić information content (AvgIpc) is 2.40. The molecule has 1 aliphatic heterocycles. The van der Waals surface area contributed by atoms with Gasteiger partial charge in [0.15, 0.2) is 0 Å². The zero-order valence-corrected chi connectivity index (χ0v) is 11.5. The number of rotatable bonds is 3. The lowest BCUT2D eigenvalue weighted by atomic mass is 10.0. The first-order valence-corrected chi connectivity index (χ1v) is 6.72. The number of benzene rings is 1. The summed E-state index contributed by atoms with van der Waals surface area (Å²) in [6, 6.07) is 5.01. The average molecular weight is 287 g/mol. The van der Waals surface area contributed by atoms with Gasteiger partial charge in [0.1, 0.15) is 0 Å². The van der Waals surface area contributed by atoms with Crippen LogP contribution in [0.3, 0.4) is 0 Å². The van der Waals surface area contributed by atoms with Gasteiger partial charge in [-0.25, -0.2) is 4.79 Å². The second-order valence-corrected chi connectivity index (χ2v) is 5.24. The molecule has 0 spiro atoms. The first kappa shape index (κ1) is 13.7. The van der Waals surface area contributed by atoms with Crippen LogP contribution in [0, 0.1) is 5.92 Å². The van der Waals surface area contributed by atoms with E-state index in [1.165, 1.54) is 0 Å². The van der Waals surface area contributed by atoms with E-state index in [0.29, 0.717) is 28.0 Å². The third-order valence-electron chi connectivity index (χ3n) is 2.96. The van der Waals surface area contributed by atoms with E-state index in [1.54, 1.807) is 18.2 Å². The van der Waals surface area contributed by atoms with Crippen LogP contribution in [-0.2, 0) is 9.47 Å². The number of ether oxygens (including phenoxy) is 2. The Labute approximate surface area is 117 Å². The standard InChI is InChI=1S/C13H15ClO3S/c14-12-2-1-10(18)7-11(12)13(15)17-8-9-3-5-16-6-4-9/h1-2,7,9,18H,3-6,8H2. The van der Waals surface area contributed by atoms with Gasteiger partial charge in [-0.15, -0.1) is 12.6 Å². The Morgan fingerprint density at radius 2 is 2.17 bits per heavy atom. The Bertz CT molecular complexity index is 430. The molecule has 1 aromatic carbocycles. The number of carbonyl (C=O) groups excluding carboxylic acids is 1. The van der Waals surface area contributed by atoms with Gasteiger partial charge in [-0.3, -0.25) is 0 Å². The Kier molecular flexibility index (Phi) is 4.92. The Morgan fingerprint density at radius 1 is 1.44 bits per heavy atom. The quantitative estimate of drug-likeness (QED) is 0.684. The van der Waals surface area contributed by atoms with Crippen molar-refractivity contribution >= 4 is 30.2 Å². The molecule has 2 rings (SSSR count). The van der Waals surface area contributed by atoms with E-state index in [9.17, 15) is 4.79 Å². The van der Waals surface area contributed by atoms with Gasteiger partial charge in [-0.05, 0) is 37.0 Å². The predicted octanol–water partition coefficient (Wildman–Crippen LogP) is 3.21.